The number of nitrogens with two attached hydrogens (primary N) is 1. The van der Waals surface area contributed by atoms with E-state index in [1.165, 1.54) is 12.5 Å². The van der Waals surface area contributed by atoms with Crippen molar-refractivity contribution in [3.63, 3.8) is 0 Å². The van der Waals surface area contributed by atoms with Gasteiger partial charge in [0.25, 0.3) is 0 Å². The molecule has 3 N–H and O–H groups in total. The van der Waals surface area contributed by atoms with Crippen molar-refractivity contribution in [3.8, 4) is 0 Å². The third-order valence-corrected chi connectivity index (χ3v) is 1.12. The number of nitrogens with one attached hydrogen (secondary N) is 1. The first kappa shape index (κ1) is 9.75. The molecule has 62 valence electrons. The van der Waals surface area contributed by atoms with Gasteiger partial charge in [-0.25, -0.2) is 0 Å². The number of aryl methyl sites for hydroxylation is 2. The summed E-state index contributed by atoms with van der Waals surface area (Å²) in [4.78, 5) is 0. The molecule has 0 atom stereocenters. The van der Waals surface area contributed by atoms with Gasteiger partial charge >= 0.3 is 0 Å². The van der Waals surface area contributed by atoms with Gasteiger partial charge in [-0.15, -0.1) is 0 Å². The highest BCUT2D eigenvalue weighted by Crippen LogP contribution is 2.04. The van der Waals surface area contributed by atoms with Crippen LogP contribution in [0.1, 0.15) is 18.2 Å². The molecule has 0 aromatic carbocycles. The van der Waals surface area contributed by atoms with Gasteiger partial charge in [-0.3, -0.25) is 5.41 Å². The van der Waals surface area contributed by atoms with E-state index in [1.807, 2.05) is 19.9 Å². The van der Waals surface area contributed by atoms with Crippen LogP contribution in [0.2, 0.25) is 0 Å². The van der Waals surface area contributed by atoms with E-state index in [1.54, 1.807) is 6.26 Å². The zero-order valence-corrected chi connectivity index (χ0v) is 7.14. The summed E-state index contributed by atoms with van der Waals surface area (Å²) < 4.78 is 4.96. The second kappa shape index (κ2) is 4.55. The third-order valence-electron chi connectivity index (χ3n) is 1.12. The fourth-order valence-corrected chi connectivity index (χ4v) is 0.448. The molecule has 0 amide bonds. The maximum absolute atomic E-state index is 6.28. The number of rotatable bonds is 0. The predicted molar refractivity (Wildman–Crippen MR) is 45.8 cm³/mol. The van der Waals surface area contributed by atoms with Crippen LogP contribution >= 0.6 is 0 Å². The third kappa shape index (κ3) is 5.21. The van der Waals surface area contributed by atoms with Crippen LogP contribution in [0.3, 0.4) is 0 Å². The SMILES string of the molecule is CC(=N)N.Cc1ccoc1C. The van der Waals surface area contributed by atoms with E-state index in [0.29, 0.717) is 0 Å². The summed E-state index contributed by atoms with van der Waals surface area (Å²) in [6, 6.07) is 1.95. The van der Waals surface area contributed by atoms with Crippen molar-refractivity contribution in [2.75, 3.05) is 0 Å². The standard InChI is InChI=1S/C6H8O.C2H6N2/c1-5-3-4-7-6(5)2;1-2(3)4/h3-4H,1-2H3;1H3,(H3,3,4). The fraction of sp³-hybridized carbons (Fsp3) is 0.375. The quantitative estimate of drug-likeness (QED) is 0.442. The highest BCUT2D eigenvalue weighted by molar-refractivity contribution is 5.73. The van der Waals surface area contributed by atoms with Gasteiger partial charge in [-0.2, -0.15) is 0 Å². The van der Waals surface area contributed by atoms with Gasteiger partial charge in [-0.1, -0.05) is 0 Å². The molecule has 0 unspecified atom stereocenters. The van der Waals surface area contributed by atoms with Gasteiger partial charge in [-0.05, 0) is 32.4 Å². The topological polar surface area (TPSA) is 63.0 Å². The van der Waals surface area contributed by atoms with Crippen molar-refractivity contribution in [3.05, 3.63) is 23.7 Å². The lowest BCUT2D eigenvalue weighted by molar-refractivity contribution is 0.532. The summed E-state index contributed by atoms with van der Waals surface area (Å²) in [7, 11) is 0. The lowest BCUT2D eigenvalue weighted by Crippen LogP contribution is -2.00. The summed E-state index contributed by atoms with van der Waals surface area (Å²) in [6.45, 7) is 5.51. The summed E-state index contributed by atoms with van der Waals surface area (Å²) in [5.74, 6) is 1.18. The Morgan fingerprint density at radius 3 is 2.09 bits per heavy atom. The van der Waals surface area contributed by atoms with Crippen molar-refractivity contribution in [2.24, 2.45) is 5.73 Å². The molecule has 0 saturated carbocycles. The largest absolute Gasteiger partial charge is 0.469 e. The second-order valence-corrected chi connectivity index (χ2v) is 2.34. The summed E-state index contributed by atoms with van der Waals surface area (Å²) >= 11 is 0. The molecule has 1 heterocycles. The number of hydrogen-bond acceptors (Lipinski definition) is 2. The molecule has 0 fully saturated rings. The Morgan fingerprint density at radius 2 is 2.00 bits per heavy atom. The highest BCUT2D eigenvalue weighted by Gasteiger charge is 1.88. The van der Waals surface area contributed by atoms with E-state index in [4.69, 9.17) is 15.6 Å². The molecule has 0 aliphatic carbocycles. The van der Waals surface area contributed by atoms with Gasteiger partial charge in [0, 0.05) is 0 Å². The zero-order valence-electron chi connectivity index (χ0n) is 7.14. The van der Waals surface area contributed by atoms with Gasteiger partial charge < -0.3 is 10.2 Å². The van der Waals surface area contributed by atoms with Gasteiger partial charge in [0.05, 0.1) is 12.1 Å². The van der Waals surface area contributed by atoms with E-state index in [-0.39, 0.29) is 5.84 Å². The molecular formula is C8H14N2O. The lowest BCUT2D eigenvalue weighted by Gasteiger charge is -1.79. The summed E-state index contributed by atoms with van der Waals surface area (Å²) in [6.07, 6.45) is 1.70. The first-order valence-electron chi connectivity index (χ1n) is 3.35. The monoisotopic (exact) mass is 154 g/mol. The van der Waals surface area contributed by atoms with Crippen LogP contribution in [0.5, 0.6) is 0 Å². The molecule has 3 nitrogen and oxygen atoms in total. The van der Waals surface area contributed by atoms with Crippen molar-refractivity contribution in [1.82, 2.24) is 0 Å². The Kier molecular flexibility index (Phi) is 4.03. The minimum Gasteiger partial charge on any atom is -0.469 e. The fourth-order valence-electron chi connectivity index (χ4n) is 0.448. The second-order valence-electron chi connectivity index (χ2n) is 2.34. The van der Waals surface area contributed by atoms with Gasteiger partial charge in [0.2, 0.25) is 0 Å². The van der Waals surface area contributed by atoms with Gasteiger partial charge in [0.1, 0.15) is 5.76 Å². The minimum atomic E-state index is 0.167. The Balaban J connectivity index is 0.000000218. The number of amidine groups is 1. The minimum absolute atomic E-state index is 0.167. The molecule has 0 saturated heterocycles. The van der Waals surface area contributed by atoms with Crippen LogP contribution in [0.25, 0.3) is 0 Å². The van der Waals surface area contributed by atoms with Crippen LogP contribution in [0.4, 0.5) is 0 Å². The van der Waals surface area contributed by atoms with Crippen LogP contribution in [0.15, 0.2) is 16.7 Å². The molecule has 1 rings (SSSR count). The Hall–Kier alpha value is -1.25. The zero-order chi connectivity index (χ0) is 8.85. The first-order valence-corrected chi connectivity index (χ1v) is 3.35. The van der Waals surface area contributed by atoms with Crippen LogP contribution in [-0.2, 0) is 0 Å². The van der Waals surface area contributed by atoms with E-state index < -0.39 is 0 Å². The summed E-state index contributed by atoms with van der Waals surface area (Å²) in [5, 5.41) is 6.28. The highest BCUT2D eigenvalue weighted by atomic mass is 16.3. The van der Waals surface area contributed by atoms with Crippen molar-refractivity contribution < 1.29 is 4.42 Å². The smallest absolute Gasteiger partial charge is 0.103 e. The molecule has 1 aromatic heterocycles. The van der Waals surface area contributed by atoms with Crippen LogP contribution in [-0.4, -0.2) is 5.84 Å². The molecule has 11 heavy (non-hydrogen) atoms. The van der Waals surface area contributed by atoms with Crippen molar-refractivity contribution in [2.45, 2.75) is 20.8 Å². The number of hydrogen-bond donors (Lipinski definition) is 2. The Morgan fingerprint density at radius 1 is 1.55 bits per heavy atom. The van der Waals surface area contributed by atoms with E-state index in [9.17, 15) is 0 Å². The predicted octanol–water partition coefficient (Wildman–Crippen LogP) is 1.84. The number of furan rings is 1. The summed E-state index contributed by atoms with van der Waals surface area (Å²) in [5.41, 5.74) is 5.92. The molecule has 1 aromatic rings. The van der Waals surface area contributed by atoms with Crippen molar-refractivity contribution >= 4 is 5.84 Å². The van der Waals surface area contributed by atoms with Crippen LogP contribution in [0, 0.1) is 19.3 Å². The van der Waals surface area contributed by atoms with Crippen LogP contribution < -0.4 is 5.73 Å². The van der Waals surface area contributed by atoms with Gasteiger partial charge in [0.15, 0.2) is 0 Å². The molecule has 0 aliphatic rings. The van der Waals surface area contributed by atoms with E-state index in [2.05, 4.69) is 0 Å². The maximum Gasteiger partial charge on any atom is 0.103 e. The van der Waals surface area contributed by atoms with E-state index in [0.717, 1.165) is 5.76 Å². The average Bonchev–Trinajstić information content (AvgIpc) is 2.15. The maximum atomic E-state index is 6.28. The Labute approximate surface area is 66.7 Å². The molecule has 0 bridgehead atoms. The van der Waals surface area contributed by atoms with E-state index >= 15 is 0 Å². The average molecular weight is 154 g/mol. The van der Waals surface area contributed by atoms with Crippen molar-refractivity contribution in [1.29, 1.82) is 5.41 Å². The first-order chi connectivity index (χ1) is 5.04. The molecule has 0 radical (unpaired) electrons. The Bertz CT molecular complexity index is 207. The molecule has 0 spiro atoms. The molecule has 3 heteroatoms. The molecular weight excluding hydrogens is 140 g/mol. The molecule has 0 aliphatic heterocycles. The normalized spacial score (nSPS) is 8.27. The lowest BCUT2D eigenvalue weighted by atomic mass is 10.3.